The molecule has 2 unspecified atom stereocenters. The van der Waals surface area contributed by atoms with Gasteiger partial charge in [-0.15, -0.1) is 0 Å². The first kappa shape index (κ1) is 41.1. The van der Waals surface area contributed by atoms with E-state index in [1.165, 1.54) is 37.7 Å². The molecule has 8 heteroatoms. The van der Waals surface area contributed by atoms with Crippen LogP contribution in [0.4, 0.5) is 0 Å². The molecule has 0 saturated heterocycles. The van der Waals surface area contributed by atoms with E-state index in [2.05, 4.69) is 94.6 Å². The van der Waals surface area contributed by atoms with E-state index in [-0.39, 0.29) is 52.5 Å². The molecule has 0 N–H and O–H groups in total. The predicted octanol–water partition coefficient (Wildman–Crippen LogP) is 10.3. The van der Waals surface area contributed by atoms with E-state index in [1.54, 1.807) is 0 Å². The molecule has 6 nitrogen and oxygen atoms in total. The first-order chi connectivity index (χ1) is 22.6. The maximum absolute atomic E-state index is 13.0. The minimum atomic E-state index is -1.99. The summed E-state index contributed by atoms with van der Waals surface area (Å²) in [5.74, 6) is 3.17. The van der Waals surface area contributed by atoms with Crippen molar-refractivity contribution in [2.75, 3.05) is 26.4 Å². The number of carbonyl (C=O) groups excluding carboxylic acids is 2. The Kier molecular flexibility index (Phi) is 12.9. The van der Waals surface area contributed by atoms with Crippen molar-refractivity contribution in [1.82, 2.24) is 0 Å². The van der Waals surface area contributed by atoms with Gasteiger partial charge in [0.05, 0.1) is 38.6 Å². The minimum absolute atomic E-state index is 0.00948. The van der Waals surface area contributed by atoms with Gasteiger partial charge in [-0.1, -0.05) is 80.4 Å². The number of ketones is 2. The monoisotopic (exact) mass is 719 g/mol. The van der Waals surface area contributed by atoms with Crippen LogP contribution in [0, 0.1) is 34.5 Å². The van der Waals surface area contributed by atoms with Gasteiger partial charge >= 0.3 is 0 Å². The van der Waals surface area contributed by atoms with E-state index in [0.717, 1.165) is 31.1 Å². The van der Waals surface area contributed by atoms with Crippen LogP contribution in [0.15, 0.2) is 11.6 Å². The molecule has 0 amide bonds. The van der Waals surface area contributed by atoms with Crippen LogP contribution in [0.5, 0.6) is 0 Å². The number of allylic oxidation sites excluding steroid dienone is 1. The van der Waals surface area contributed by atoms with Gasteiger partial charge in [-0.3, -0.25) is 9.59 Å². The summed E-state index contributed by atoms with van der Waals surface area (Å²) in [7, 11) is -3.96. The molecule has 0 aliphatic heterocycles. The topological polar surface area (TPSA) is 71.1 Å². The van der Waals surface area contributed by atoms with Crippen molar-refractivity contribution in [2.24, 2.45) is 34.5 Å². The first-order valence-corrected chi connectivity index (χ1v) is 25.6. The Morgan fingerprint density at radius 1 is 0.816 bits per heavy atom. The normalized spacial score (nSPS) is 33.8. The maximum atomic E-state index is 13.0. The summed E-state index contributed by atoms with van der Waals surface area (Å²) < 4.78 is 25.8. The molecule has 0 bridgehead atoms. The molecule has 8 atom stereocenters. The average molecular weight is 719 g/mol. The molecule has 3 saturated carbocycles. The van der Waals surface area contributed by atoms with Gasteiger partial charge in [0.1, 0.15) is 0 Å². The molecule has 0 radical (unpaired) electrons. The Balaban J connectivity index is 1.43. The number of hydrogen-bond acceptors (Lipinski definition) is 6. The lowest BCUT2D eigenvalue weighted by atomic mass is 9.46. The van der Waals surface area contributed by atoms with Gasteiger partial charge in [-0.2, -0.15) is 0 Å². The molecule has 0 spiro atoms. The molecule has 3 fully saturated rings. The van der Waals surface area contributed by atoms with Crippen LogP contribution < -0.4 is 0 Å². The van der Waals surface area contributed by atoms with E-state index in [4.69, 9.17) is 18.3 Å². The zero-order chi connectivity index (χ0) is 36.6. The average Bonchev–Trinajstić information content (AvgIpc) is 3.34. The molecule has 49 heavy (non-hydrogen) atoms. The highest BCUT2D eigenvalue weighted by Crippen LogP contribution is 2.67. The Hall–Kier alpha value is -0.646. The fraction of sp³-hybridized carbons (Fsp3) is 0.902. The van der Waals surface area contributed by atoms with Gasteiger partial charge in [-0.25, -0.2) is 0 Å². The number of ether oxygens (including phenoxy) is 2. The molecular weight excluding hydrogens is 645 g/mol. The number of rotatable bonds is 15. The van der Waals surface area contributed by atoms with Crippen molar-refractivity contribution in [3.8, 4) is 0 Å². The highest BCUT2D eigenvalue weighted by atomic mass is 28.4. The van der Waals surface area contributed by atoms with Crippen molar-refractivity contribution < 1.29 is 27.9 Å². The molecule has 0 aromatic heterocycles. The number of carbonyl (C=O) groups is 2. The summed E-state index contributed by atoms with van der Waals surface area (Å²) in [6.07, 6.45) is 12.8. The largest absolute Gasteiger partial charge is 0.410 e. The molecule has 0 aromatic rings. The fourth-order valence-corrected chi connectivity index (χ4v) is 11.5. The standard InChI is InChI=1S/C41H74O6Si2/c1-14-29-16-18-35-34-17-15-30-25-33(44-23-20-31(42)27-46-48(10,11)38(2,3)4)26-37(41(30,9)36(34)19-22-40(29,35)8)45-24-21-32(43)28-47-49(12,13)39(5,6)7/h15,29,33-37H,14,16-28H2,1-13H3/t29-,33?,34-,35-,36-,37?,40+,41-/m0/s1. The Bertz CT molecular complexity index is 1200. The third-order valence-electron chi connectivity index (χ3n) is 15.1. The molecule has 0 aromatic carbocycles. The van der Waals surface area contributed by atoms with Crippen LogP contribution in [0.25, 0.3) is 0 Å². The zero-order valence-electron chi connectivity index (χ0n) is 33.9. The third kappa shape index (κ3) is 8.78. The number of hydrogen-bond donors (Lipinski definition) is 0. The Morgan fingerprint density at radius 2 is 1.37 bits per heavy atom. The highest BCUT2D eigenvalue weighted by Gasteiger charge is 2.60. The van der Waals surface area contributed by atoms with Crippen LogP contribution in [-0.2, 0) is 27.9 Å². The van der Waals surface area contributed by atoms with Crippen LogP contribution in [0.3, 0.4) is 0 Å². The molecular formula is C41H74O6Si2. The van der Waals surface area contributed by atoms with Gasteiger partial charge < -0.3 is 18.3 Å². The van der Waals surface area contributed by atoms with Crippen LogP contribution in [-0.4, -0.2) is 66.8 Å². The lowest BCUT2D eigenvalue weighted by Crippen LogP contribution is -2.56. The van der Waals surface area contributed by atoms with Crippen molar-refractivity contribution in [3.63, 3.8) is 0 Å². The molecule has 4 aliphatic rings. The Morgan fingerprint density at radius 3 is 1.90 bits per heavy atom. The Labute approximate surface area is 302 Å². The SMILES string of the molecule is CC[C@H]1CC[C@H]2[C@@H]3CC=C4CC(OCCC(=O)CO[Si](C)(C)C(C)(C)C)CC(OCCC(=O)CO[Si](C)(C)C(C)(C)C)[C@]4(C)[C@H]3CC[C@]12C. The van der Waals surface area contributed by atoms with Gasteiger partial charge in [0.25, 0.3) is 0 Å². The maximum Gasteiger partial charge on any atom is 0.192 e. The zero-order valence-corrected chi connectivity index (χ0v) is 35.9. The van der Waals surface area contributed by atoms with E-state index >= 15 is 0 Å². The second-order valence-electron chi connectivity index (χ2n) is 19.8. The van der Waals surface area contributed by atoms with Gasteiger partial charge in [0, 0.05) is 24.7 Å². The van der Waals surface area contributed by atoms with Gasteiger partial charge in [-0.05, 0) is 104 Å². The van der Waals surface area contributed by atoms with Crippen molar-refractivity contribution in [3.05, 3.63) is 11.6 Å². The van der Waals surface area contributed by atoms with E-state index in [0.29, 0.717) is 43.3 Å². The van der Waals surface area contributed by atoms with Crippen molar-refractivity contribution >= 4 is 28.2 Å². The predicted molar refractivity (Wildman–Crippen MR) is 206 cm³/mol. The quantitative estimate of drug-likeness (QED) is 0.124. The van der Waals surface area contributed by atoms with Gasteiger partial charge in [0.2, 0.25) is 0 Å². The van der Waals surface area contributed by atoms with Crippen LogP contribution in [0.1, 0.15) is 127 Å². The van der Waals surface area contributed by atoms with E-state index in [1.807, 2.05) is 0 Å². The second kappa shape index (κ2) is 15.4. The molecule has 4 aliphatic carbocycles. The summed E-state index contributed by atoms with van der Waals surface area (Å²) in [5.41, 5.74) is 1.90. The number of fused-ring (bicyclic) bond motifs is 5. The first-order valence-electron chi connectivity index (χ1n) is 19.8. The van der Waals surface area contributed by atoms with Crippen LogP contribution in [0.2, 0.25) is 36.3 Å². The van der Waals surface area contributed by atoms with Crippen molar-refractivity contribution in [1.29, 1.82) is 0 Å². The lowest BCUT2D eigenvalue weighted by Gasteiger charge is -2.60. The summed E-state index contributed by atoms with van der Waals surface area (Å²) in [5, 5.41) is 0.153. The van der Waals surface area contributed by atoms with E-state index in [9.17, 15) is 9.59 Å². The lowest BCUT2D eigenvalue weighted by molar-refractivity contribution is -0.142. The highest BCUT2D eigenvalue weighted by molar-refractivity contribution is 6.74. The van der Waals surface area contributed by atoms with Crippen molar-refractivity contribution in [2.45, 2.75) is 175 Å². The smallest absolute Gasteiger partial charge is 0.192 e. The van der Waals surface area contributed by atoms with Gasteiger partial charge in [0.15, 0.2) is 28.2 Å². The summed E-state index contributed by atoms with van der Waals surface area (Å²) in [6.45, 7) is 30.7. The van der Waals surface area contributed by atoms with E-state index < -0.39 is 16.6 Å². The number of Topliss-reactive ketones (excluding diaryl/α,β-unsaturated/α-hetero) is 2. The molecule has 0 heterocycles. The summed E-state index contributed by atoms with van der Waals surface area (Å²) >= 11 is 0. The second-order valence-corrected chi connectivity index (χ2v) is 29.4. The summed E-state index contributed by atoms with van der Waals surface area (Å²) in [4.78, 5) is 25.9. The third-order valence-corrected chi connectivity index (χ3v) is 24.0. The molecule has 282 valence electrons. The molecule has 4 rings (SSSR count). The fourth-order valence-electron chi connectivity index (χ4n) is 9.56. The van der Waals surface area contributed by atoms with Crippen LogP contribution >= 0.6 is 0 Å². The minimum Gasteiger partial charge on any atom is -0.410 e. The summed E-state index contributed by atoms with van der Waals surface area (Å²) in [6, 6.07) is 0.